The van der Waals surface area contributed by atoms with Crippen LogP contribution in [0.1, 0.15) is 63.4 Å². The van der Waals surface area contributed by atoms with Gasteiger partial charge in [-0.25, -0.2) is 8.42 Å². The molecule has 3 aliphatic rings. The maximum atomic E-state index is 15.1. The van der Waals surface area contributed by atoms with E-state index in [0.717, 1.165) is 47.6 Å². The van der Waals surface area contributed by atoms with E-state index in [2.05, 4.69) is 35.8 Å². The molecule has 1 fully saturated rings. The third-order valence-corrected chi connectivity index (χ3v) is 14.5. The number of sulfonamides is 1. The van der Waals surface area contributed by atoms with E-state index in [1.807, 2.05) is 61.5 Å². The summed E-state index contributed by atoms with van der Waals surface area (Å²) in [6.45, 7) is 6.45. The lowest BCUT2D eigenvalue weighted by molar-refractivity contribution is -0.250. The van der Waals surface area contributed by atoms with E-state index in [4.69, 9.17) is 24.2 Å². The van der Waals surface area contributed by atoms with Crippen molar-refractivity contribution in [2.75, 3.05) is 33.5 Å². The molecule has 6 atom stereocenters. The van der Waals surface area contributed by atoms with E-state index < -0.39 is 27.8 Å². The van der Waals surface area contributed by atoms with Gasteiger partial charge in [-0.15, -0.1) is 6.58 Å². The molecule has 2 N–H and O–H groups in total. The molecule has 320 valence electrons. The minimum absolute atomic E-state index is 0.0144. The van der Waals surface area contributed by atoms with E-state index in [9.17, 15) is 10.2 Å². The van der Waals surface area contributed by atoms with Gasteiger partial charge >= 0.3 is 0 Å². The van der Waals surface area contributed by atoms with Crippen LogP contribution in [0.25, 0.3) is 21.7 Å². The number of benzene rings is 4. The van der Waals surface area contributed by atoms with Crippen LogP contribution in [0.2, 0.25) is 0 Å². The van der Waals surface area contributed by atoms with Gasteiger partial charge in [-0.05, 0) is 103 Å². The average molecular weight is 846 g/mol. The van der Waals surface area contributed by atoms with E-state index in [1.54, 1.807) is 37.5 Å². The van der Waals surface area contributed by atoms with Gasteiger partial charge in [-0.3, -0.25) is 4.98 Å². The molecule has 0 radical (unpaired) electrons. The topological polar surface area (TPSA) is 140 Å². The molecule has 6 unspecified atom stereocenters. The summed E-state index contributed by atoms with van der Waals surface area (Å²) in [4.78, 5) is 10.4. The van der Waals surface area contributed by atoms with Crippen LogP contribution in [0, 0.1) is 17.8 Å². The highest BCUT2D eigenvalue weighted by Gasteiger charge is 2.65. The first-order chi connectivity index (χ1) is 29.7. The normalized spacial score (nSPS) is 23.9. The molecule has 1 aliphatic heterocycles. The summed E-state index contributed by atoms with van der Waals surface area (Å²) in [5.41, 5.74) is 2.83. The van der Waals surface area contributed by atoms with Crippen LogP contribution in [-0.4, -0.2) is 78.9 Å². The lowest BCUT2D eigenvalue weighted by atomic mass is 9.55. The first-order valence-corrected chi connectivity index (χ1v) is 22.9. The minimum Gasteiger partial charge on any atom is -0.460 e. The molecule has 61 heavy (non-hydrogen) atoms. The van der Waals surface area contributed by atoms with Gasteiger partial charge in [0.1, 0.15) is 28.8 Å². The second-order valence-corrected chi connectivity index (χ2v) is 18.1. The number of aliphatic hydroxyl groups is 2. The number of oxime groups is 1. The monoisotopic (exact) mass is 845 g/mol. The number of unbranched alkanes of at least 4 members (excludes halogenated alkanes) is 2. The molecule has 1 saturated carbocycles. The lowest BCUT2D eigenvalue weighted by Crippen LogP contribution is -2.69. The van der Waals surface area contributed by atoms with Gasteiger partial charge in [0, 0.05) is 49.7 Å². The zero-order valence-electron chi connectivity index (χ0n) is 34.9. The van der Waals surface area contributed by atoms with Crippen molar-refractivity contribution in [3.8, 4) is 17.2 Å². The predicted molar refractivity (Wildman–Crippen MR) is 237 cm³/mol. The van der Waals surface area contributed by atoms with Crippen molar-refractivity contribution in [2.45, 2.75) is 74.5 Å². The van der Waals surface area contributed by atoms with Crippen molar-refractivity contribution in [2.24, 2.45) is 22.9 Å². The van der Waals surface area contributed by atoms with Crippen molar-refractivity contribution < 1.29 is 37.7 Å². The first kappa shape index (κ1) is 42.6. The molecule has 0 saturated heterocycles. The molecule has 0 amide bonds. The van der Waals surface area contributed by atoms with Gasteiger partial charge in [0.15, 0.2) is 0 Å². The van der Waals surface area contributed by atoms with Crippen LogP contribution in [0.3, 0.4) is 0 Å². The standard InChI is InChI=1S/C49H55N3O8S/c1-4-28-57-49-45(52(3)61(55,56)44-20-12-17-34-18-13-25-50-48(34)44)32-42(51-58-5-2)40-30-36(16-8-10-26-53)39(19-9-11-27-54)46(47(40)49)41-31-38(23-24-43(41)60-49)59-37-22-21-33-14-6-7-15-35(33)29-37/h4,6-7,12-15,17-18,20-25,29-31,36,39,45-47,53-54H,1,5,8-11,16,19,26-28,32H2,2-3H3. The van der Waals surface area contributed by atoms with Gasteiger partial charge in [-0.1, -0.05) is 78.7 Å². The van der Waals surface area contributed by atoms with Crippen LogP contribution >= 0.6 is 0 Å². The zero-order chi connectivity index (χ0) is 42.6. The van der Waals surface area contributed by atoms with Crippen LogP contribution < -0.4 is 9.47 Å². The molecule has 12 heteroatoms. The fraction of sp³-hybridized carbons (Fsp3) is 0.388. The van der Waals surface area contributed by atoms with E-state index in [1.165, 1.54) is 4.31 Å². The second kappa shape index (κ2) is 18.5. The molecule has 8 rings (SSSR count). The number of ether oxygens (including phenoxy) is 3. The van der Waals surface area contributed by atoms with Crippen molar-refractivity contribution in [1.82, 2.24) is 9.29 Å². The number of aliphatic hydroxyl groups excluding tert-OH is 2. The number of hydrogen-bond donors (Lipinski definition) is 2. The Bertz CT molecular complexity index is 2540. The third kappa shape index (κ3) is 8.19. The summed E-state index contributed by atoms with van der Waals surface area (Å²) >= 11 is 0. The summed E-state index contributed by atoms with van der Waals surface area (Å²) in [6.07, 6.45) is 10.2. The van der Waals surface area contributed by atoms with Crippen molar-refractivity contribution in [1.29, 1.82) is 0 Å². The second-order valence-electron chi connectivity index (χ2n) is 16.2. The molecule has 4 aromatic carbocycles. The van der Waals surface area contributed by atoms with Crippen LogP contribution in [0.4, 0.5) is 0 Å². The number of hydrogen-bond acceptors (Lipinski definition) is 10. The number of para-hydroxylation sites is 1. The Morgan fingerprint density at radius 1 is 0.918 bits per heavy atom. The fourth-order valence-corrected chi connectivity index (χ4v) is 11.4. The number of fused-ring (bicyclic) bond motifs is 4. The third-order valence-electron chi connectivity index (χ3n) is 12.6. The minimum atomic E-state index is -4.24. The van der Waals surface area contributed by atoms with Gasteiger partial charge in [0.05, 0.1) is 29.8 Å². The average Bonchev–Trinajstić information content (AvgIpc) is 3.28. The maximum absolute atomic E-state index is 15.1. The molecule has 11 nitrogen and oxygen atoms in total. The van der Waals surface area contributed by atoms with Crippen LogP contribution in [0.15, 0.2) is 132 Å². The Balaban J connectivity index is 1.33. The Hall–Kier alpha value is -5.11. The lowest BCUT2D eigenvalue weighted by Gasteiger charge is -2.59. The number of likely N-dealkylation sites (N-methyl/N-ethyl adjacent to an activating group) is 1. The smallest absolute Gasteiger partial charge is 0.245 e. The number of rotatable bonds is 18. The van der Waals surface area contributed by atoms with E-state index in [0.29, 0.717) is 53.3 Å². The number of allylic oxidation sites excluding steroid dienone is 1. The Morgan fingerprint density at radius 3 is 2.44 bits per heavy atom. The van der Waals surface area contributed by atoms with Gasteiger partial charge in [0.2, 0.25) is 15.8 Å². The van der Waals surface area contributed by atoms with E-state index >= 15 is 8.42 Å². The molecule has 0 bridgehead atoms. The molecular weight excluding hydrogens is 791 g/mol. The maximum Gasteiger partial charge on any atom is 0.245 e. The summed E-state index contributed by atoms with van der Waals surface area (Å²) in [7, 11) is -2.65. The fourth-order valence-electron chi connectivity index (χ4n) is 9.88. The first-order valence-electron chi connectivity index (χ1n) is 21.4. The molecular formula is C49H55N3O8S. The quantitative estimate of drug-likeness (QED) is 0.0502. The molecule has 2 heterocycles. The number of pyridine rings is 1. The number of aromatic nitrogens is 1. The van der Waals surface area contributed by atoms with Gasteiger partial charge in [0.25, 0.3) is 0 Å². The molecule has 1 aromatic heterocycles. The SMILES string of the molecule is C=CCOC12Oc3ccc(Oc4ccc5ccccc5c4)cc3C3C(CCCCO)C(CCCCO)C=C(C(=NOCC)CC1N(C)S(=O)(=O)c1cccc4cccnc14)C32. The highest BCUT2D eigenvalue weighted by Crippen LogP contribution is 2.62. The summed E-state index contributed by atoms with van der Waals surface area (Å²) in [5.74, 6) is -0.384. The van der Waals surface area contributed by atoms with Gasteiger partial charge in [-0.2, -0.15) is 4.31 Å². The van der Waals surface area contributed by atoms with Crippen LogP contribution in [0.5, 0.6) is 17.2 Å². The molecule has 5 aromatic rings. The Morgan fingerprint density at radius 2 is 1.66 bits per heavy atom. The molecule has 2 aliphatic carbocycles. The van der Waals surface area contributed by atoms with Gasteiger partial charge < -0.3 is 29.3 Å². The predicted octanol–water partition coefficient (Wildman–Crippen LogP) is 9.15. The molecule has 0 spiro atoms. The summed E-state index contributed by atoms with van der Waals surface area (Å²) < 4.78 is 52.4. The Labute approximate surface area is 358 Å². The highest BCUT2D eigenvalue weighted by molar-refractivity contribution is 7.89. The summed E-state index contributed by atoms with van der Waals surface area (Å²) in [5, 5.41) is 27.5. The zero-order valence-corrected chi connectivity index (χ0v) is 35.7. The number of nitrogens with zero attached hydrogens (tertiary/aromatic N) is 3. The largest absolute Gasteiger partial charge is 0.460 e. The van der Waals surface area contributed by atoms with Crippen LogP contribution in [-0.2, 0) is 19.6 Å². The van der Waals surface area contributed by atoms with Crippen molar-refractivity contribution in [3.63, 3.8) is 0 Å². The van der Waals surface area contributed by atoms with Crippen molar-refractivity contribution in [3.05, 3.63) is 127 Å². The Kier molecular flexibility index (Phi) is 12.9. The van der Waals surface area contributed by atoms with E-state index in [-0.39, 0.29) is 48.9 Å². The van der Waals surface area contributed by atoms with Crippen molar-refractivity contribution >= 4 is 37.4 Å². The summed E-state index contributed by atoms with van der Waals surface area (Å²) in [6, 6.07) is 27.9. The highest BCUT2D eigenvalue weighted by atomic mass is 32.2.